The highest BCUT2D eigenvalue weighted by Crippen LogP contribution is 2.29. The van der Waals surface area contributed by atoms with Gasteiger partial charge in [0.05, 0.1) is 11.0 Å². The first kappa shape index (κ1) is 14.7. The SMILES string of the molecule is CC(C(=O)O)S(=O)(=O)Nc1ccc(O)cc1[N+](=O)[O-]. The van der Waals surface area contributed by atoms with Gasteiger partial charge in [0.2, 0.25) is 10.0 Å². The molecule has 0 amide bonds. The third-order valence-corrected chi connectivity index (χ3v) is 3.88. The fraction of sp³-hybridized carbons (Fsp3) is 0.222. The maximum atomic E-state index is 11.6. The van der Waals surface area contributed by atoms with E-state index >= 15 is 0 Å². The van der Waals surface area contributed by atoms with E-state index in [0.717, 1.165) is 25.1 Å². The molecule has 9 nitrogen and oxygen atoms in total. The molecule has 0 saturated heterocycles. The highest BCUT2D eigenvalue weighted by molar-refractivity contribution is 7.94. The number of aromatic hydroxyl groups is 1. The van der Waals surface area contributed by atoms with Crippen molar-refractivity contribution in [3.8, 4) is 5.75 Å². The number of rotatable bonds is 5. The molecule has 3 N–H and O–H groups in total. The van der Waals surface area contributed by atoms with Crippen LogP contribution in [0.1, 0.15) is 6.92 Å². The topological polar surface area (TPSA) is 147 Å². The second-order valence-electron chi connectivity index (χ2n) is 3.59. The maximum absolute atomic E-state index is 11.6. The summed E-state index contributed by atoms with van der Waals surface area (Å²) in [6.45, 7) is 0.927. The van der Waals surface area contributed by atoms with Gasteiger partial charge in [-0.15, -0.1) is 0 Å². The summed E-state index contributed by atoms with van der Waals surface area (Å²) >= 11 is 0. The number of anilines is 1. The van der Waals surface area contributed by atoms with Crippen LogP contribution in [-0.2, 0) is 14.8 Å². The van der Waals surface area contributed by atoms with Crippen LogP contribution < -0.4 is 4.72 Å². The Morgan fingerprint density at radius 2 is 2.05 bits per heavy atom. The quantitative estimate of drug-likeness (QED) is 0.406. The molecule has 0 saturated carbocycles. The summed E-state index contributed by atoms with van der Waals surface area (Å²) in [6, 6.07) is 2.76. The van der Waals surface area contributed by atoms with Gasteiger partial charge in [-0.2, -0.15) is 0 Å². The van der Waals surface area contributed by atoms with Gasteiger partial charge in [0.15, 0.2) is 5.25 Å². The van der Waals surface area contributed by atoms with Crippen LogP contribution in [0.15, 0.2) is 18.2 Å². The predicted molar refractivity (Wildman–Crippen MR) is 64.4 cm³/mol. The van der Waals surface area contributed by atoms with E-state index in [2.05, 4.69) is 0 Å². The van der Waals surface area contributed by atoms with E-state index in [4.69, 9.17) is 10.2 Å². The number of phenolic OH excluding ortho intramolecular Hbond substituents is 1. The number of hydrogen-bond acceptors (Lipinski definition) is 6. The molecule has 1 unspecified atom stereocenters. The largest absolute Gasteiger partial charge is 0.508 e. The Morgan fingerprint density at radius 1 is 1.47 bits per heavy atom. The number of carbonyl (C=O) groups is 1. The highest BCUT2D eigenvalue weighted by atomic mass is 32.2. The number of nitro groups is 1. The Bertz CT molecular complexity index is 625. The van der Waals surface area contributed by atoms with Gasteiger partial charge < -0.3 is 10.2 Å². The molecule has 0 fully saturated rings. The zero-order chi connectivity index (χ0) is 14.8. The average Bonchev–Trinajstić information content (AvgIpc) is 2.29. The van der Waals surface area contributed by atoms with Gasteiger partial charge in [-0.3, -0.25) is 19.6 Å². The first-order valence-corrected chi connectivity index (χ1v) is 6.41. The van der Waals surface area contributed by atoms with Crippen molar-refractivity contribution < 1.29 is 28.3 Å². The second kappa shape index (κ2) is 5.10. The number of phenols is 1. The van der Waals surface area contributed by atoms with Crippen molar-refractivity contribution >= 4 is 27.4 Å². The molecule has 0 bridgehead atoms. The van der Waals surface area contributed by atoms with Gasteiger partial charge in [0.25, 0.3) is 5.69 Å². The minimum absolute atomic E-state index is 0.416. The average molecular weight is 290 g/mol. The van der Waals surface area contributed by atoms with Crippen LogP contribution in [0, 0.1) is 10.1 Å². The van der Waals surface area contributed by atoms with Gasteiger partial charge in [0, 0.05) is 0 Å². The van der Waals surface area contributed by atoms with Crippen LogP contribution in [0.4, 0.5) is 11.4 Å². The molecular formula is C9H10N2O7S. The molecule has 104 valence electrons. The number of aliphatic carboxylic acids is 1. The molecule has 0 radical (unpaired) electrons. The van der Waals surface area contributed by atoms with Crippen molar-refractivity contribution in [1.29, 1.82) is 0 Å². The van der Waals surface area contributed by atoms with Crippen molar-refractivity contribution in [1.82, 2.24) is 0 Å². The molecule has 1 atom stereocenters. The monoisotopic (exact) mass is 290 g/mol. The van der Waals surface area contributed by atoms with E-state index in [1.165, 1.54) is 0 Å². The van der Waals surface area contributed by atoms with E-state index < -0.39 is 43.3 Å². The van der Waals surface area contributed by atoms with Crippen molar-refractivity contribution in [2.24, 2.45) is 0 Å². The van der Waals surface area contributed by atoms with E-state index in [-0.39, 0.29) is 0 Å². The Morgan fingerprint density at radius 3 is 2.53 bits per heavy atom. The molecule has 1 aromatic rings. The lowest BCUT2D eigenvalue weighted by molar-refractivity contribution is -0.384. The van der Waals surface area contributed by atoms with Crippen molar-refractivity contribution in [3.05, 3.63) is 28.3 Å². The lowest BCUT2D eigenvalue weighted by Crippen LogP contribution is -2.32. The number of benzene rings is 1. The first-order valence-electron chi connectivity index (χ1n) is 4.87. The summed E-state index contributed by atoms with van der Waals surface area (Å²) in [5, 5.41) is 26.7. The van der Waals surface area contributed by atoms with Gasteiger partial charge in [0.1, 0.15) is 11.4 Å². The van der Waals surface area contributed by atoms with E-state index in [1.54, 1.807) is 0 Å². The lowest BCUT2D eigenvalue weighted by Gasteiger charge is -2.11. The van der Waals surface area contributed by atoms with Crippen LogP contribution in [0.2, 0.25) is 0 Å². The summed E-state index contributed by atoms with van der Waals surface area (Å²) in [4.78, 5) is 20.4. The minimum atomic E-state index is -4.32. The highest BCUT2D eigenvalue weighted by Gasteiger charge is 2.29. The van der Waals surface area contributed by atoms with E-state index in [9.17, 15) is 23.3 Å². The Balaban J connectivity index is 3.20. The van der Waals surface area contributed by atoms with E-state index in [1.807, 2.05) is 4.72 Å². The van der Waals surface area contributed by atoms with Crippen LogP contribution in [-0.4, -0.2) is 34.8 Å². The molecular weight excluding hydrogens is 280 g/mol. The van der Waals surface area contributed by atoms with Crippen molar-refractivity contribution in [3.63, 3.8) is 0 Å². The molecule has 19 heavy (non-hydrogen) atoms. The van der Waals surface area contributed by atoms with Gasteiger partial charge in [-0.25, -0.2) is 8.42 Å². The number of carboxylic acids is 1. The Labute approximate surface area is 107 Å². The third-order valence-electron chi connectivity index (χ3n) is 2.24. The number of nitro benzene ring substituents is 1. The fourth-order valence-electron chi connectivity index (χ4n) is 1.13. The third kappa shape index (κ3) is 3.31. The van der Waals surface area contributed by atoms with Crippen LogP contribution in [0.25, 0.3) is 0 Å². The molecule has 0 aromatic heterocycles. The Kier molecular flexibility index (Phi) is 3.95. The maximum Gasteiger partial charge on any atom is 0.323 e. The predicted octanol–water partition coefficient (Wildman–Crippen LogP) is 0.515. The molecule has 0 aliphatic rings. The van der Waals surface area contributed by atoms with Crippen LogP contribution in [0.5, 0.6) is 5.75 Å². The molecule has 1 rings (SSSR count). The summed E-state index contributed by atoms with van der Waals surface area (Å²) in [7, 11) is -4.32. The minimum Gasteiger partial charge on any atom is -0.508 e. The van der Waals surface area contributed by atoms with E-state index in [0.29, 0.717) is 0 Å². The standard InChI is InChI=1S/C9H10N2O7S/c1-5(9(13)14)19(17,18)10-7-3-2-6(12)4-8(7)11(15)16/h2-5,10,12H,1H3,(H,13,14). The molecule has 0 aliphatic carbocycles. The summed E-state index contributed by atoms with van der Waals surface area (Å²) in [5.41, 5.74) is -1.10. The normalized spacial score (nSPS) is 12.7. The smallest absolute Gasteiger partial charge is 0.323 e. The lowest BCUT2D eigenvalue weighted by atomic mass is 10.2. The number of hydrogen-bond donors (Lipinski definition) is 3. The molecule has 0 aliphatic heterocycles. The summed E-state index contributed by atoms with van der Waals surface area (Å²) < 4.78 is 25.1. The number of nitrogens with zero attached hydrogens (tertiary/aromatic N) is 1. The fourth-order valence-corrected chi connectivity index (χ4v) is 2.05. The molecule has 0 heterocycles. The first-order chi connectivity index (χ1) is 8.65. The summed E-state index contributed by atoms with van der Waals surface area (Å²) in [6.07, 6.45) is 0. The van der Waals surface area contributed by atoms with Crippen LogP contribution >= 0.6 is 0 Å². The zero-order valence-corrected chi connectivity index (χ0v) is 10.4. The molecule has 10 heteroatoms. The van der Waals surface area contributed by atoms with Gasteiger partial charge >= 0.3 is 5.97 Å². The Hall–Kier alpha value is -2.36. The zero-order valence-electron chi connectivity index (χ0n) is 9.60. The van der Waals surface area contributed by atoms with Gasteiger partial charge in [-0.1, -0.05) is 0 Å². The molecule has 0 spiro atoms. The van der Waals surface area contributed by atoms with Gasteiger partial charge in [-0.05, 0) is 19.1 Å². The summed E-state index contributed by atoms with van der Waals surface area (Å²) in [5.74, 6) is -2.00. The second-order valence-corrected chi connectivity index (χ2v) is 5.59. The number of nitrogens with one attached hydrogen (secondary N) is 1. The van der Waals surface area contributed by atoms with Crippen LogP contribution in [0.3, 0.4) is 0 Å². The van der Waals surface area contributed by atoms with Crippen molar-refractivity contribution in [2.75, 3.05) is 4.72 Å². The van der Waals surface area contributed by atoms with Crippen molar-refractivity contribution in [2.45, 2.75) is 12.2 Å². The molecule has 1 aromatic carbocycles. The number of carboxylic acid groups (broad SMARTS) is 1. The number of sulfonamides is 1.